The molecule has 0 spiro atoms. The molecular formula is C16H28N4. The number of piperidine rings is 1. The molecule has 1 saturated heterocycles. The third-order valence-corrected chi connectivity index (χ3v) is 4.88. The highest BCUT2D eigenvalue weighted by molar-refractivity contribution is 5.30. The van der Waals surface area contributed by atoms with Gasteiger partial charge in [-0.2, -0.15) is 0 Å². The summed E-state index contributed by atoms with van der Waals surface area (Å²) in [6.45, 7) is 10.8. The first kappa shape index (κ1) is 15.2. The Hall–Kier alpha value is -1.16. The van der Waals surface area contributed by atoms with Gasteiger partial charge in [0, 0.05) is 37.6 Å². The van der Waals surface area contributed by atoms with E-state index in [0.717, 1.165) is 37.7 Å². The van der Waals surface area contributed by atoms with E-state index in [-0.39, 0.29) is 0 Å². The molecule has 1 aliphatic rings. The van der Waals surface area contributed by atoms with Gasteiger partial charge in [0.1, 0.15) is 0 Å². The van der Waals surface area contributed by atoms with Crippen LogP contribution in [-0.2, 0) is 6.54 Å². The Kier molecular flexibility index (Phi) is 5.35. The molecule has 0 aliphatic carbocycles. The molecule has 1 aliphatic heterocycles. The van der Waals surface area contributed by atoms with Gasteiger partial charge in [0.15, 0.2) is 0 Å². The Morgan fingerprint density at radius 3 is 2.20 bits per heavy atom. The smallest absolute Gasteiger partial charge is 0.225 e. The zero-order valence-electron chi connectivity index (χ0n) is 13.2. The fourth-order valence-electron chi connectivity index (χ4n) is 3.01. The molecule has 20 heavy (non-hydrogen) atoms. The average Bonchev–Trinajstić information content (AvgIpc) is 2.53. The van der Waals surface area contributed by atoms with E-state index in [2.05, 4.69) is 41.0 Å². The highest BCUT2D eigenvalue weighted by Gasteiger charge is 2.31. The van der Waals surface area contributed by atoms with Crippen molar-refractivity contribution >= 4 is 5.95 Å². The van der Waals surface area contributed by atoms with Gasteiger partial charge in [0.2, 0.25) is 5.95 Å². The van der Waals surface area contributed by atoms with Crippen LogP contribution in [0.5, 0.6) is 0 Å². The zero-order chi connectivity index (χ0) is 14.4. The van der Waals surface area contributed by atoms with E-state index >= 15 is 0 Å². The predicted octanol–water partition coefficient (Wildman–Crippen LogP) is 2.99. The summed E-state index contributed by atoms with van der Waals surface area (Å²) in [7, 11) is 0. The van der Waals surface area contributed by atoms with E-state index in [0.29, 0.717) is 5.41 Å². The van der Waals surface area contributed by atoms with E-state index in [1.807, 2.05) is 12.4 Å². The maximum Gasteiger partial charge on any atom is 0.225 e. The summed E-state index contributed by atoms with van der Waals surface area (Å²) in [5, 5.41) is 3.30. The van der Waals surface area contributed by atoms with Crippen LogP contribution in [0, 0.1) is 5.41 Å². The van der Waals surface area contributed by atoms with Gasteiger partial charge in [-0.3, -0.25) is 0 Å². The molecule has 4 nitrogen and oxygen atoms in total. The first-order valence-corrected chi connectivity index (χ1v) is 7.99. The summed E-state index contributed by atoms with van der Waals surface area (Å²) in [4.78, 5) is 11.4. The zero-order valence-corrected chi connectivity index (χ0v) is 13.2. The number of nitrogens with zero attached hydrogens (tertiary/aromatic N) is 3. The summed E-state index contributed by atoms with van der Waals surface area (Å²) >= 11 is 0. The van der Waals surface area contributed by atoms with Crippen molar-refractivity contribution in [1.29, 1.82) is 0 Å². The lowest BCUT2D eigenvalue weighted by Crippen LogP contribution is -2.40. The third-order valence-electron chi connectivity index (χ3n) is 4.88. The maximum absolute atomic E-state index is 4.53. The van der Waals surface area contributed by atoms with E-state index in [9.17, 15) is 0 Å². The topological polar surface area (TPSA) is 41.1 Å². The van der Waals surface area contributed by atoms with Crippen LogP contribution >= 0.6 is 0 Å². The quantitative estimate of drug-likeness (QED) is 0.867. The molecule has 0 saturated carbocycles. The molecule has 4 heteroatoms. The van der Waals surface area contributed by atoms with Gasteiger partial charge in [-0.15, -0.1) is 0 Å². The van der Waals surface area contributed by atoms with Gasteiger partial charge in [-0.1, -0.05) is 33.6 Å². The summed E-state index contributed by atoms with van der Waals surface area (Å²) < 4.78 is 0. The Morgan fingerprint density at radius 1 is 1.10 bits per heavy atom. The number of aromatic nitrogens is 2. The standard InChI is InChI=1S/C16H28N4/c1-4-16(5-2)7-9-20(10-8-16)15-18-12-14(13-19-15)11-17-6-3/h12-13,17H,4-11H2,1-3H3. The van der Waals surface area contributed by atoms with Gasteiger partial charge in [-0.25, -0.2) is 9.97 Å². The molecule has 2 rings (SSSR count). The molecule has 1 aromatic heterocycles. The third kappa shape index (κ3) is 3.48. The monoisotopic (exact) mass is 276 g/mol. The minimum absolute atomic E-state index is 0.557. The molecule has 0 unspecified atom stereocenters. The lowest BCUT2D eigenvalue weighted by molar-refractivity contribution is 0.198. The SMILES string of the molecule is CCNCc1cnc(N2CCC(CC)(CC)CC2)nc1. The number of hydrogen-bond acceptors (Lipinski definition) is 4. The molecule has 1 aromatic rings. The van der Waals surface area contributed by atoms with Crippen LogP contribution in [-0.4, -0.2) is 29.6 Å². The molecule has 0 bridgehead atoms. The lowest BCUT2D eigenvalue weighted by atomic mass is 9.74. The van der Waals surface area contributed by atoms with Crippen molar-refractivity contribution < 1.29 is 0 Å². The van der Waals surface area contributed by atoms with Crippen molar-refractivity contribution in [3.05, 3.63) is 18.0 Å². The molecular weight excluding hydrogens is 248 g/mol. The largest absolute Gasteiger partial charge is 0.341 e. The van der Waals surface area contributed by atoms with Gasteiger partial charge in [0.25, 0.3) is 0 Å². The van der Waals surface area contributed by atoms with Crippen LogP contribution in [0.15, 0.2) is 12.4 Å². The second-order valence-corrected chi connectivity index (χ2v) is 5.87. The molecule has 112 valence electrons. The van der Waals surface area contributed by atoms with Crippen LogP contribution < -0.4 is 10.2 Å². The average molecular weight is 276 g/mol. The number of nitrogens with one attached hydrogen (secondary N) is 1. The first-order chi connectivity index (χ1) is 9.73. The van der Waals surface area contributed by atoms with Crippen molar-refractivity contribution in [2.75, 3.05) is 24.5 Å². The molecule has 0 aromatic carbocycles. The lowest BCUT2D eigenvalue weighted by Gasteiger charge is -2.41. The van der Waals surface area contributed by atoms with Gasteiger partial charge in [-0.05, 0) is 24.8 Å². The number of rotatable bonds is 6. The van der Waals surface area contributed by atoms with Crippen molar-refractivity contribution in [3.8, 4) is 0 Å². The summed E-state index contributed by atoms with van der Waals surface area (Å²) in [5.74, 6) is 0.894. The fraction of sp³-hybridized carbons (Fsp3) is 0.750. The minimum Gasteiger partial charge on any atom is -0.341 e. The van der Waals surface area contributed by atoms with Gasteiger partial charge >= 0.3 is 0 Å². The Balaban J connectivity index is 1.93. The number of anilines is 1. The predicted molar refractivity (Wildman–Crippen MR) is 83.9 cm³/mol. The van der Waals surface area contributed by atoms with Crippen molar-refractivity contribution in [1.82, 2.24) is 15.3 Å². The Morgan fingerprint density at radius 2 is 1.70 bits per heavy atom. The van der Waals surface area contributed by atoms with Crippen LogP contribution in [0.2, 0.25) is 0 Å². The minimum atomic E-state index is 0.557. The van der Waals surface area contributed by atoms with E-state index in [4.69, 9.17) is 0 Å². The highest BCUT2D eigenvalue weighted by atomic mass is 15.2. The second kappa shape index (κ2) is 7.02. The first-order valence-electron chi connectivity index (χ1n) is 7.99. The Labute approximate surface area is 123 Å². The fourth-order valence-corrected chi connectivity index (χ4v) is 3.01. The second-order valence-electron chi connectivity index (χ2n) is 5.87. The summed E-state index contributed by atoms with van der Waals surface area (Å²) in [5.41, 5.74) is 1.71. The molecule has 1 N–H and O–H groups in total. The Bertz CT molecular complexity index is 387. The van der Waals surface area contributed by atoms with Gasteiger partial charge < -0.3 is 10.2 Å². The summed E-state index contributed by atoms with van der Waals surface area (Å²) in [6, 6.07) is 0. The van der Waals surface area contributed by atoms with E-state index in [1.54, 1.807) is 0 Å². The maximum atomic E-state index is 4.53. The molecule has 2 heterocycles. The van der Waals surface area contributed by atoms with Crippen LogP contribution in [0.3, 0.4) is 0 Å². The van der Waals surface area contributed by atoms with E-state index in [1.165, 1.54) is 25.7 Å². The van der Waals surface area contributed by atoms with Crippen molar-refractivity contribution in [3.63, 3.8) is 0 Å². The van der Waals surface area contributed by atoms with Gasteiger partial charge in [0.05, 0.1) is 0 Å². The molecule has 0 radical (unpaired) electrons. The van der Waals surface area contributed by atoms with Crippen LogP contribution in [0.4, 0.5) is 5.95 Å². The molecule has 0 amide bonds. The normalized spacial score (nSPS) is 18.2. The van der Waals surface area contributed by atoms with E-state index < -0.39 is 0 Å². The van der Waals surface area contributed by atoms with Crippen molar-refractivity contribution in [2.45, 2.75) is 53.0 Å². The van der Waals surface area contributed by atoms with Crippen LogP contribution in [0.25, 0.3) is 0 Å². The van der Waals surface area contributed by atoms with Crippen molar-refractivity contribution in [2.24, 2.45) is 5.41 Å². The molecule has 1 fully saturated rings. The molecule has 0 atom stereocenters. The summed E-state index contributed by atoms with van der Waals surface area (Å²) in [6.07, 6.45) is 9.02. The number of hydrogen-bond donors (Lipinski definition) is 1. The van der Waals surface area contributed by atoms with Crippen LogP contribution in [0.1, 0.15) is 52.0 Å². The highest BCUT2D eigenvalue weighted by Crippen LogP contribution is 2.38.